The summed E-state index contributed by atoms with van der Waals surface area (Å²) in [5, 5.41) is 2.58. The highest BCUT2D eigenvalue weighted by Crippen LogP contribution is 2.41. The Labute approximate surface area is 211 Å². The fourth-order valence-electron chi connectivity index (χ4n) is 3.98. The minimum atomic E-state index is -4.65. The van der Waals surface area contributed by atoms with Gasteiger partial charge in [0.05, 0.1) is 19.1 Å². The number of phosphoric acid groups is 1. The summed E-state index contributed by atoms with van der Waals surface area (Å²) in [4.78, 5) is 34.7. The molecule has 9 heteroatoms. The van der Waals surface area contributed by atoms with Crippen LogP contribution in [0.5, 0.6) is 0 Å². The van der Waals surface area contributed by atoms with Crippen LogP contribution < -0.4 is 4.89 Å². The number of phosphoric ester groups is 1. The number of carbonyl (C=O) groups excluding carboxylic acids is 1. The lowest BCUT2D eigenvalue weighted by molar-refractivity contribution is -0.229. The molecule has 0 bridgehead atoms. The van der Waals surface area contributed by atoms with Gasteiger partial charge in [0.15, 0.2) is 0 Å². The van der Waals surface area contributed by atoms with Crippen molar-refractivity contribution in [3.63, 3.8) is 0 Å². The molecule has 202 valence electrons. The maximum absolute atomic E-state index is 12.4. The van der Waals surface area contributed by atoms with Crippen molar-refractivity contribution >= 4 is 13.8 Å². The predicted octanol–water partition coefficient (Wildman–Crippen LogP) is 6.92. The van der Waals surface area contributed by atoms with Gasteiger partial charge in [-0.15, -0.1) is 0 Å². The van der Waals surface area contributed by atoms with Gasteiger partial charge in [-0.3, -0.25) is 9.36 Å². The lowest BCUT2D eigenvalue weighted by Gasteiger charge is -2.28. The summed E-state index contributed by atoms with van der Waals surface area (Å²) in [5.74, 6) is -0.497. The molecular formula is C26H45NO7P-. The molecule has 0 amide bonds. The maximum atomic E-state index is 12.4. The Balaban J connectivity index is 2.63. The topological polar surface area (TPSA) is 114 Å². The third-order valence-electron chi connectivity index (χ3n) is 5.89. The van der Waals surface area contributed by atoms with Crippen molar-refractivity contribution in [3.8, 4) is 0 Å². The van der Waals surface area contributed by atoms with Crippen molar-refractivity contribution in [2.75, 3.05) is 13.2 Å². The van der Waals surface area contributed by atoms with E-state index in [1.165, 1.54) is 38.5 Å². The summed E-state index contributed by atoms with van der Waals surface area (Å²) in [6, 6.07) is 0. The van der Waals surface area contributed by atoms with Crippen molar-refractivity contribution < 1.29 is 28.0 Å². The van der Waals surface area contributed by atoms with Gasteiger partial charge in [0.2, 0.25) is 0 Å². The number of cyclic esters (lactones) is 1. The molecule has 0 saturated heterocycles. The highest BCUT2D eigenvalue weighted by molar-refractivity contribution is 7.45. The Morgan fingerprint density at radius 3 is 2.17 bits per heavy atom. The quantitative estimate of drug-likeness (QED) is 0.124. The van der Waals surface area contributed by atoms with Crippen LogP contribution in [0.25, 0.3) is 0 Å². The van der Waals surface area contributed by atoms with Crippen molar-refractivity contribution in [2.24, 2.45) is 5.18 Å². The van der Waals surface area contributed by atoms with Crippen LogP contribution in [0.1, 0.15) is 110 Å². The fourth-order valence-corrected chi connectivity index (χ4v) is 4.89. The molecule has 0 aliphatic carbocycles. The van der Waals surface area contributed by atoms with E-state index in [0.717, 1.165) is 44.9 Å². The van der Waals surface area contributed by atoms with Crippen molar-refractivity contribution in [3.05, 3.63) is 29.2 Å². The van der Waals surface area contributed by atoms with Gasteiger partial charge in [-0.05, 0) is 39.0 Å². The Kier molecular flexibility index (Phi) is 18.8. The molecule has 0 aromatic rings. The Bertz CT molecular complexity index is 668. The second-order valence-electron chi connectivity index (χ2n) is 9.23. The second-order valence-corrected chi connectivity index (χ2v) is 10.6. The molecule has 1 aliphatic rings. The summed E-state index contributed by atoms with van der Waals surface area (Å²) >= 11 is 0. The highest BCUT2D eigenvalue weighted by Gasteiger charge is 2.23. The Morgan fingerprint density at radius 2 is 1.51 bits per heavy atom. The van der Waals surface area contributed by atoms with Crippen LogP contribution in [0.4, 0.5) is 0 Å². The highest BCUT2D eigenvalue weighted by atomic mass is 31.2. The van der Waals surface area contributed by atoms with Gasteiger partial charge in [0.1, 0.15) is 12.6 Å². The summed E-state index contributed by atoms with van der Waals surface area (Å²) in [6.07, 6.45) is 22.9. The third-order valence-corrected chi connectivity index (χ3v) is 6.94. The standard InChI is InChI=1S/C26H46NO7P/c1-24-19-17-15-13-11-9-7-5-3-2-4-6-8-10-12-14-16-18-20-25(23-26(28)33-24)34-35(30,31)32-22-21-27-29/h7,9,15,17,24-25H,2-6,8,10-14,16,18-23H2,1H3,(H,30,31)/p-1/b9-7-,17-15+/t24-,25-/m0/s1. The van der Waals surface area contributed by atoms with Crippen LogP contribution in [-0.4, -0.2) is 31.3 Å². The number of nitrogens with zero attached hydrogens (tertiary/aromatic N) is 1. The molecule has 0 fully saturated rings. The first-order valence-electron chi connectivity index (χ1n) is 13.4. The van der Waals surface area contributed by atoms with Crippen LogP contribution in [0.3, 0.4) is 0 Å². The number of hydrogen-bond donors (Lipinski definition) is 0. The first-order valence-corrected chi connectivity index (χ1v) is 14.8. The molecule has 0 N–H and O–H groups in total. The van der Waals surface area contributed by atoms with Gasteiger partial charge in [-0.25, -0.2) is 0 Å². The predicted molar refractivity (Wildman–Crippen MR) is 137 cm³/mol. The van der Waals surface area contributed by atoms with Gasteiger partial charge < -0.3 is 18.7 Å². The SMILES string of the molecule is C[C@H]1C/C=C/CC/C=C\CCCCCCCCCCCC[C@H](OP(=O)([O-])OCCN=O)CC(=O)O1. The molecule has 1 aliphatic heterocycles. The van der Waals surface area contributed by atoms with Gasteiger partial charge >= 0.3 is 5.97 Å². The van der Waals surface area contributed by atoms with Gasteiger partial charge in [0, 0.05) is 6.42 Å². The lowest BCUT2D eigenvalue weighted by atomic mass is 10.0. The summed E-state index contributed by atoms with van der Waals surface area (Å²) in [7, 11) is -4.65. The molecular weight excluding hydrogens is 469 g/mol. The zero-order chi connectivity index (χ0) is 25.6. The summed E-state index contributed by atoms with van der Waals surface area (Å²) < 4.78 is 27.4. The van der Waals surface area contributed by atoms with Gasteiger partial charge in [-0.1, -0.05) is 87.3 Å². The van der Waals surface area contributed by atoms with Crippen LogP contribution in [-0.2, 0) is 23.1 Å². The van der Waals surface area contributed by atoms with Crippen molar-refractivity contribution in [2.45, 2.75) is 122 Å². The number of esters is 1. The molecule has 0 spiro atoms. The minimum Gasteiger partial charge on any atom is -0.756 e. The largest absolute Gasteiger partial charge is 0.756 e. The smallest absolute Gasteiger partial charge is 0.308 e. The summed E-state index contributed by atoms with van der Waals surface area (Å²) in [5.41, 5.74) is 0. The third kappa shape index (κ3) is 19.5. The molecule has 1 unspecified atom stereocenters. The average molecular weight is 515 g/mol. The molecule has 8 nitrogen and oxygen atoms in total. The number of nitroso groups, excluding NO2 is 1. The van der Waals surface area contributed by atoms with Crippen molar-refractivity contribution in [1.82, 2.24) is 0 Å². The van der Waals surface area contributed by atoms with E-state index in [2.05, 4.69) is 27.9 Å². The summed E-state index contributed by atoms with van der Waals surface area (Å²) in [6.45, 7) is 1.15. The number of ether oxygens (including phenoxy) is 1. The molecule has 0 saturated carbocycles. The molecule has 0 radical (unpaired) electrons. The van der Waals surface area contributed by atoms with Crippen LogP contribution in [0, 0.1) is 4.91 Å². The van der Waals surface area contributed by atoms with E-state index in [1.54, 1.807) is 0 Å². The van der Waals surface area contributed by atoms with E-state index >= 15 is 0 Å². The van der Waals surface area contributed by atoms with Crippen LogP contribution in [0.2, 0.25) is 0 Å². The number of carbonyl (C=O) groups is 1. The molecule has 0 aromatic heterocycles. The van der Waals surface area contributed by atoms with Crippen LogP contribution >= 0.6 is 7.82 Å². The first kappa shape index (κ1) is 31.7. The van der Waals surface area contributed by atoms with Crippen LogP contribution in [0.15, 0.2) is 29.5 Å². The first-order chi connectivity index (χ1) is 16.9. The number of allylic oxidation sites excluding steroid dienone is 3. The van der Waals surface area contributed by atoms with E-state index in [1.807, 2.05) is 13.0 Å². The van der Waals surface area contributed by atoms with E-state index in [4.69, 9.17) is 9.26 Å². The zero-order valence-corrected chi connectivity index (χ0v) is 22.3. The normalized spacial score (nSPS) is 27.0. The van der Waals surface area contributed by atoms with E-state index < -0.39 is 19.9 Å². The van der Waals surface area contributed by atoms with Crippen molar-refractivity contribution in [1.29, 1.82) is 0 Å². The number of hydrogen-bond acceptors (Lipinski definition) is 8. The number of rotatable bonds is 6. The molecule has 3 atom stereocenters. The Hall–Kier alpha value is -1.34. The maximum Gasteiger partial charge on any atom is 0.308 e. The fraction of sp³-hybridized carbons (Fsp3) is 0.808. The average Bonchev–Trinajstić information content (AvgIpc) is 2.79. The molecule has 1 rings (SSSR count). The minimum absolute atomic E-state index is 0.166. The van der Waals surface area contributed by atoms with E-state index in [-0.39, 0.29) is 25.7 Å². The zero-order valence-electron chi connectivity index (χ0n) is 21.4. The molecule has 35 heavy (non-hydrogen) atoms. The lowest BCUT2D eigenvalue weighted by Crippen LogP contribution is -2.24. The molecule has 0 aromatic carbocycles. The monoisotopic (exact) mass is 514 g/mol. The van der Waals surface area contributed by atoms with E-state index in [9.17, 15) is 19.2 Å². The van der Waals surface area contributed by atoms with Gasteiger partial charge in [0.25, 0.3) is 7.82 Å². The molecule has 1 heterocycles. The Morgan fingerprint density at radius 1 is 0.943 bits per heavy atom. The van der Waals surface area contributed by atoms with Gasteiger partial charge in [-0.2, -0.15) is 4.91 Å². The van der Waals surface area contributed by atoms with E-state index in [0.29, 0.717) is 12.8 Å². The second kappa shape index (κ2) is 20.8.